The minimum absolute atomic E-state index is 0.0902. The summed E-state index contributed by atoms with van der Waals surface area (Å²) >= 11 is 0. The number of hydrogen-bond donors (Lipinski definition) is 4. The average Bonchev–Trinajstić information content (AvgIpc) is 2.84. The summed E-state index contributed by atoms with van der Waals surface area (Å²) in [5, 5.41) is 3.67. The third-order valence-electron chi connectivity index (χ3n) is 4.78. The summed E-state index contributed by atoms with van der Waals surface area (Å²) < 4.78 is 34.8. The molecule has 3 atom stereocenters. The van der Waals surface area contributed by atoms with Gasteiger partial charge in [0, 0.05) is 13.1 Å². The molecule has 13 heteroatoms. The summed E-state index contributed by atoms with van der Waals surface area (Å²) in [5.41, 5.74) is 4.70. The van der Waals surface area contributed by atoms with E-state index in [1.807, 2.05) is 0 Å². The number of carbonyl (C=O) groups is 3. The van der Waals surface area contributed by atoms with Crippen molar-refractivity contribution in [3.63, 3.8) is 0 Å². The average molecular weight is 391 g/mol. The molecule has 0 spiro atoms. The number of amides is 4. The van der Waals surface area contributed by atoms with E-state index in [1.54, 1.807) is 0 Å². The molecule has 146 valence electrons. The molecule has 3 aliphatic heterocycles. The first-order chi connectivity index (χ1) is 12.3. The van der Waals surface area contributed by atoms with Gasteiger partial charge < -0.3 is 10.2 Å². The smallest absolute Gasteiger partial charge is 0.316 e. The van der Waals surface area contributed by atoms with Crippen molar-refractivity contribution in [3.8, 4) is 0 Å². The lowest BCUT2D eigenvalue weighted by Crippen LogP contribution is -2.55. The Morgan fingerprint density at radius 3 is 2.58 bits per heavy atom. The highest BCUT2D eigenvalue weighted by atomic mass is 32.3. The Labute approximate surface area is 150 Å². The number of fused-ring (bicyclic) bond motifs is 2. The number of nitrogens with one attached hydrogen (secondary N) is 3. The first-order valence-corrected chi connectivity index (χ1v) is 9.70. The second-order valence-electron chi connectivity index (χ2n) is 6.53. The summed E-state index contributed by atoms with van der Waals surface area (Å²) in [7, 11) is -4.84. The molecule has 3 saturated heterocycles. The molecule has 3 rings (SSSR count). The summed E-state index contributed by atoms with van der Waals surface area (Å²) in [6.07, 6.45) is 2.19. The Morgan fingerprint density at radius 2 is 1.92 bits per heavy atom. The first kappa shape index (κ1) is 18.8. The molecule has 3 fully saturated rings. The van der Waals surface area contributed by atoms with Gasteiger partial charge in [-0.05, 0) is 32.2 Å². The number of piperidine rings is 2. The molecule has 0 aromatic heterocycles. The van der Waals surface area contributed by atoms with Crippen molar-refractivity contribution in [2.45, 2.75) is 37.8 Å². The van der Waals surface area contributed by atoms with Gasteiger partial charge in [0.15, 0.2) is 0 Å². The molecule has 4 N–H and O–H groups in total. The molecule has 0 aliphatic carbocycles. The normalized spacial score (nSPS) is 28.8. The molecule has 26 heavy (non-hydrogen) atoms. The quantitative estimate of drug-likeness (QED) is 0.321. The zero-order chi connectivity index (χ0) is 18.9. The highest BCUT2D eigenvalue weighted by molar-refractivity contribution is 7.80. The van der Waals surface area contributed by atoms with Crippen molar-refractivity contribution < 1.29 is 31.6 Å². The van der Waals surface area contributed by atoms with E-state index in [4.69, 9.17) is 4.55 Å². The van der Waals surface area contributed by atoms with E-state index in [2.05, 4.69) is 20.5 Å². The highest BCUT2D eigenvalue weighted by Gasteiger charge is 2.49. The monoisotopic (exact) mass is 391 g/mol. The van der Waals surface area contributed by atoms with Crippen molar-refractivity contribution >= 4 is 28.2 Å². The number of nitrogens with zero attached hydrogens (tertiary/aromatic N) is 2. The Balaban J connectivity index is 1.56. The van der Waals surface area contributed by atoms with Crippen LogP contribution in [0.2, 0.25) is 0 Å². The molecular formula is C13H21N5O7S. The van der Waals surface area contributed by atoms with E-state index in [-0.39, 0.29) is 24.8 Å². The first-order valence-electron chi connectivity index (χ1n) is 8.33. The van der Waals surface area contributed by atoms with E-state index in [9.17, 15) is 22.8 Å². The van der Waals surface area contributed by atoms with Crippen LogP contribution in [0.1, 0.15) is 25.7 Å². The minimum atomic E-state index is -4.84. The molecule has 0 aromatic carbocycles. The standard InChI is InChI=1S/C13H21N5O7S/c19-11(8-2-1-5-14-6-8)15-16-12(20)10-4-3-9-7-17(10)13(21)18(9)25-26(22,23)24/h8-10,14H,1-7H2,(H,15,19)(H,16,20)(H,22,23,24)/t8-,9-,10?/m1/s1. The minimum Gasteiger partial charge on any atom is -0.316 e. The van der Waals surface area contributed by atoms with Gasteiger partial charge in [-0.15, -0.1) is 4.28 Å². The van der Waals surface area contributed by atoms with Gasteiger partial charge in [-0.3, -0.25) is 25.0 Å². The molecule has 12 nitrogen and oxygen atoms in total. The fourth-order valence-corrected chi connectivity index (χ4v) is 3.88. The fraction of sp³-hybridized carbons (Fsp3) is 0.769. The van der Waals surface area contributed by atoms with Crippen LogP contribution in [0.15, 0.2) is 0 Å². The molecule has 0 saturated carbocycles. The van der Waals surface area contributed by atoms with Gasteiger partial charge >= 0.3 is 16.4 Å². The summed E-state index contributed by atoms with van der Waals surface area (Å²) in [4.78, 5) is 37.8. The largest absolute Gasteiger partial charge is 0.418 e. The molecule has 4 amide bonds. The molecule has 0 aromatic rings. The van der Waals surface area contributed by atoms with Crippen LogP contribution in [0, 0.1) is 5.92 Å². The van der Waals surface area contributed by atoms with E-state index < -0.39 is 34.4 Å². The third kappa shape index (κ3) is 4.06. The number of urea groups is 1. The van der Waals surface area contributed by atoms with Crippen LogP contribution in [-0.4, -0.2) is 72.5 Å². The van der Waals surface area contributed by atoms with Crippen molar-refractivity contribution in [1.29, 1.82) is 0 Å². The van der Waals surface area contributed by atoms with Crippen molar-refractivity contribution in [2.75, 3.05) is 19.6 Å². The molecule has 2 bridgehead atoms. The third-order valence-corrected chi connectivity index (χ3v) is 5.13. The van der Waals surface area contributed by atoms with E-state index in [0.29, 0.717) is 18.0 Å². The Morgan fingerprint density at radius 1 is 1.19 bits per heavy atom. The van der Waals surface area contributed by atoms with Gasteiger partial charge in [0.2, 0.25) is 5.91 Å². The SMILES string of the molecule is O=C(NNC(=O)[C@@H]1CCCNC1)C1CC[C@@H]2CN1C(=O)N2OS(=O)(=O)O. The predicted octanol–water partition coefficient (Wildman–Crippen LogP) is -1.86. The van der Waals surface area contributed by atoms with Gasteiger partial charge in [0.05, 0.1) is 12.0 Å². The maximum Gasteiger partial charge on any atom is 0.418 e. The van der Waals surface area contributed by atoms with E-state index >= 15 is 0 Å². The summed E-state index contributed by atoms with van der Waals surface area (Å²) in [6, 6.07) is -2.26. The maximum atomic E-state index is 12.3. The topological polar surface area (TPSA) is 157 Å². The van der Waals surface area contributed by atoms with Gasteiger partial charge in [-0.2, -0.15) is 13.5 Å². The van der Waals surface area contributed by atoms with Crippen LogP contribution in [0.4, 0.5) is 4.79 Å². The summed E-state index contributed by atoms with van der Waals surface area (Å²) in [5.74, 6) is -1.10. The fourth-order valence-electron chi connectivity index (χ4n) is 3.49. The molecule has 1 unspecified atom stereocenters. The molecule has 0 radical (unpaired) electrons. The lowest BCUT2D eigenvalue weighted by Gasteiger charge is -2.29. The second-order valence-corrected chi connectivity index (χ2v) is 7.54. The zero-order valence-corrected chi connectivity index (χ0v) is 14.7. The zero-order valence-electron chi connectivity index (χ0n) is 13.9. The number of rotatable bonds is 4. The number of hydroxylamine groups is 2. The van der Waals surface area contributed by atoms with Crippen LogP contribution < -0.4 is 16.2 Å². The Hall–Kier alpha value is -1.96. The number of hydrogen-bond acceptors (Lipinski definition) is 7. The predicted molar refractivity (Wildman–Crippen MR) is 85.3 cm³/mol. The number of carbonyl (C=O) groups excluding carboxylic acids is 3. The van der Waals surface area contributed by atoms with Crippen LogP contribution in [0.5, 0.6) is 0 Å². The van der Waals surface area contributed by atoms with Crippen LogP contribution >= 0.6 is 0 Å². The highest BCUT2D eigenvalue weighted by Crippen LogP contribution is 2.30. The van der Waals surface area contributed by atoms with Crippen molar-refractivity contribution in [1.82, 2.24) is 26.1 Å². The van der Waals surface area contributed by atoms with Crippen LogP contribution in [-0.2, 0) is 24.3 Å². The summed E-state index contributed by atoms with van der Waals surface area (Å²) in [6.45, 7) is 1.49. The van der Waals surface area contributed by atoms with E-state index in [0.717, 1.165) is 24.3 Å². The van der Waals surface area contributed by atoms with Gasteiger partial charge in [-0.1, -0.05) is 0 Å². The lowest BCUT2D eigenvalue weighted by molar-refractivity contribution is -0.133. The van der Waals surface area contributed by atoms with Gasteiger partial charge in [0.25, 0.3) is 5.91 Å². The van der Waals surface area contributed by atoms with Gasteiger partial charge in [0.1, 0.15) is 6.04 Å². The Bertz CT molecular complexity index is 693. The lowest BCUT2D eigenvalue weighted by atomic mass is 9.99. The van der Waals surface area contributed by atoms with Crippen molar-refractivity contribution in [2.24, 2.45) is 5.92 Å². The van der Waals surface area contributed by atoms with Crippen LogP contribution in [0.25, 0.3) is 0 Å². The van der Waals surface area contributed by atoms with Crippen LogP contribution in [0.3, 0.4) is 0 Å². The van der Waals surface area contributed by atoms with E-state index in [1.165, 1.54) is 0 Å². The van der Waals surface area contributed by atoms with Crippen molar-refractivity contribution in [3.05, 3.63) is 0 Å². The molecular weight excluding hydrogens is 370 g/mol. The Kier molecular flexibility index (Phi) is 5.32. The molecule has 3 heterocycles. The number of hydrazine groups is 1. The maximum absolute atomic E-state index is 12.3. The molecule has 3 aliphatic rings. The second kappa shape index (κ2) is 7.34. The van der Waals surface area contributed by atoms with Gasteiger partial charge in [-0.25, -0.2) is 4.79 Å².